The van der Waals surface area contributed by atoms with Gasteiger partial charge < -0.3 is 4.57 Å². The average Bonchev–Trinajstić information content (AvgIpc) is 3.14. The van der Waals surface area contributed by atoms with E-state index in [2.05, 4.69) is 37.3 Å². The second-order valence-electron chi connectivity index (χ2n) is 6.50. The molecule has 0 spiro atoms. The second kappa shape index (κ2) is 8.27. The molecule has 2 aromatic heterocycles. The van der Waals surface area contributed by atoms with E-state index in [-0.39, 0.29) is 5.95 Å². The molecule has 0 bridgehead atoms. The first-order chi connectivity index (χ1) is 14.5. The highest BCUT2D eigenvalue weighted by Gasteiger charge is 2.22. The normalized spacial score (nSPS) is 10.5. The number of amides is 1. The van der Waals surface area contributed by atoms with E-state index in [0.717, 1.165) is 11.1 Å². The number of para-hydroxylation sites is 1. The van der Waals surface area contributed by atoms with Crippen LogP contribution in [-0.2, 0) is 11.3 Å². The molecule has 0 radical (unpaired) electrons. The van der Waals surface area contributed by atoms with Gasteiger partial charge in [-0.05, 0) is 39.7 Å². The zero-order valence-electron chi connectivity index (χ0n) is 15.5. The van der Waals surface area contributed by atoms with Crippen LogP contribution in [0, 0.1) is 11.3 Å². The molecule has 0 aliphatic heterocycles. The Kier molecular flexibility index (Phi) is 5.37. The fourth-order valence-corrected chi connectivity index (χ4v) is 3.30. The van der Waals surface area contributed by atoms with Gasteiger partial charge in [0.15, 0.2) is 0 Å². The van der Waals surface area contributed by atoms with Gasteiger partial charge in [0.2, 0.25) is 5.95 Å². The molecular formula is C22H14BrN5O2. The minimum Gasteiger partial charge on any atom is -0.342 e. The summed E-state index contributed by atoms with van der Waals surface area (Å²) in [6, 6.07) is 16.7. The Hall–Kier alpha value is -3.83. The summed E-state index contributed by atoms with van der Waals surface area (Å²) in [5.74, 6) is -1.42. The molecule has 2 heterocycles. The van der Waals surface area contributed by atoms with Crippen LogP contribution < -0.4 is 5.32 Å². The van der Waals surface area contributed by atoms with Crippen LogP contribution in [0.1, 0.15) is 21.5 Å². The molecule has 0 saturated heterocycles. The summed E-state index contributed by atoms with van der Waals surface area (Å²) in [4.78, 5) is 33.3. The molecule has 1 amide bonds. The summed E-state index contributed by atoms with van der Waals surface area (Å²) in [6.07, 6.45) is 4.64. The molecule has 0 aliphatic carbocycles. The molecule has 4 aromatic rings. The van der Waals surface area contributed by atoms with E-state index >= 15 is 0 Å². The number of nitrogens with one attached hydrogen (secondary N) is 1. The van der Waals surface area contributed by atoms with Crippen molar-refractivity contribution in [2.24, 2.45) is 0 Å². The predicted octanol–water partition coefficient (Wildman–Crippen LogP) is 3.94. The van der Waals surface area contributed by atoms with Crippen LogP contribution in [0.2, 0.25) is 0 Å². The minimum atomic E-state index is -0.807. The van der Waals surface area contributed by atoms with Crippen LogP contribution in [0.15, 0.2) is 71.6 Å². The van der Waals surface area contributed by atoms with E-state index < -0.39 is 11.7 Å². The number of carbonyl (C=O) groups is 2. The van der Waals surface area contributed by atoms with E-state index in [0.29, 0.717) is 27.5 Å². The van der Waals surface area contributed by atoms with Gasteiger partial charge in [-0.25, -0.2) is 9.97 Å². The monoisotopic (exact) mass is 459 g/mol. The van der Waals surface area contributed by atoms with Crippen molar-refractivity contribution in [1.29, 1.82) is 5.26 Å². The van der Waals surface area contributed by atoms with Crippen molar-refractivity contribution in [3.63, 3.8) is 0 Å². The lowest BCUT2D eigenvalue weighted by Gasteiger charge is -2.05. The number of Topliss-reactive ketones (excluding diaryl/α,β-unsaturated/α-hetero) is 1. The summed E-state index contributed by atoms with van der Waals surface area (Å²) in [6.45, 7) is 0.497. The predicted molar refractivity (Wildman–Crippen MR) is 115 cm³/mol. The second-order valence-corrected chi connectivity index (χ2v) is 7.42. The smallest absolute Gasteiger partial charge is 0.299 e. The SMILES string of the molecule is N#Cc1ccc(Cn2cc(C(=O)C(=O)Nc3ncc(Br)cn3)c3ccccc32)cc1. The van der Waals surface area contributed by atoms with E-state index in [1.807, 2.05) is 34.9 Å². The van der Waals surface area contributed by atoms with E-state index in [1.54, 1.807) is 24.4 Å². The Balaban J connectivity index is 1.63. The van der Waals surface area contributed by atoms with Gasteiger partial charge in [0, 0.05) is 36.0 Å². The van der Waals surface area contributed by atoms with Gasteiger partial charge in [-0.1, -0.05) is 30.3 Å². The molecule has 0 aliphatic rings. The number of benzene rings is 2. The summed E-state index contributed by atoms with van der Waals surface area (Å²) < 4.78 is 2.57. The fraction of sp³-hybridized carbons (Fsp3) is 0.0455. The summed E-state index contributed by atoms with van der Waals surface area (Å²) in [7, 11) is 0. The number of hydrogen-bond acceptors (Lipinski definition) is 5. The van der Waals surface area contributed by atoms with Gasteiger partial charge in [-0.2, -0.15) is 5.26 Å². The van der Waals surface area contributed by atoms with E-state index in [4.69, 9.17) is 5.26 Å². The molecule has 146 valence electrons. The third-order valence-electron chi connectivity index (χ3n) is 4.52. The van der Waals surface area contributed by atoms with Gasteiger partial charge in [-0.15, -0.1) is 0 Å². The molecule has 4 rings (SSSR count). The van der Waals surface area contributed by atoms with E-state index in [9.17, 15) is 9.59 Å². The van der Waals surface area contributed by atoms with Gasteiger partial charge in [0.05, 0.1) is 21.7 Å². The molecule has 7 nitrogen and oxygen atoms in total. The van der Waals surface area contributed by atoms with Crippen LogP contribution in [0.5, 0.6) is 0 Å². The number of nitrogens with zero attached hydrogens (tertiary/aromatic N) is 4. The topological polar surface area (TPSA) is 101 Å². The largest absolute Gasteiger partial charge is 0.342 e. The highest BCUT2D eigenvalue weighted by molar-refractivity contribution is 9.10. The van der Waals surface area contributed by atoms with Crippen molar-refractivity contribution in [3.05, 3.63) is 88.3 Å². The van der Waals surface area contributed by atoms with E-state index in [1.165, 1.54) is 12.4 Å². The van der Waals surface area contributed by atoms with Gasteiger partial charge in [-0.3, -0.25) is 14.9 Å². The number of ketones is 1. The zero-order valence-corrected chi connectivity index (χ0v) is 17.1. The summed E-state index contributed by atoms with van der Waals surface area (Å²) in [5.41, 5.74) is 2.69. The molecule has 1 N–H and O–H groups in total. The maximum Gasteiger partial charge on any atom is 0.299 e. The number of rotatable bonds is 5. The standard InChI is InChI=1S/C22H14BrN5O2/c23-16-10-25-22(26-11-16)27-21(30)20(29)18-13-28(19-4-2-1-3-17(18)19)12-15-7-5-14(9-24)6-8-15/h1-8,10-11,13H,12H2,(H,25,26,27,30). The van der Waals surface area contributed by atoms with Gasteiger partial charge in [0.25, 0.3) is 11.7 Å². The van der Waals surface area contributed by atoms with Crippen molar-refractivity contribution in [2.75, 3.05) is 5.32 Å². The van der Waals surface area contributed by atoms with Crippen molar-refractivity contribution < 1.29 is 9.59 Å². The lowest BCUT2D eigenvalue weighted by atomic mass is 10.1. The summed E-state index contributed by atoms with van der Waals surface area (Å²) >= 11 is 3.22. The van der Waals surface area contributed by atoms with Crippen molar-refractivity contribution in [2.45, 2.75) is 6.54 Å². The Morgan fingerprint density at radius 1 is 1.07 bits per heavy atom. The fourth-order valence-electron chi connectivity index (χ4n) is 3.10. The quantitative estimate of drug-likeness (QED) is 0.359. The third kappa shape index (κ3) is 3.97. The average molecular weight is 460 g/mol. The number of hydrogen-bond donors (Lipinski definition) is 1. The highest BCUT2D eigenvalue weighted by atomic mass is 79.9. The number of nitriles is 1. The molecule has 8 heteroatoms. The van der Waals surface area contributed by atoms with Crippen molar-refractivity contribution in [1.82, 2.24) is 14.5 Å². The Labute approximate surface area is 180 Å². The van der Waals surface area contributed by atoms with Crippen molar-refractivity contribution >= 4 is 44.5 Å². The zero-order chi connectivity index (χ0) is 21.1. The molecule has 0 unspecified atom stereocenters. The Morgan fingerprint density at radius 3 is 2.47 bits per heavy atom. The first-order valence-corrected chi connectivity index (χ1v) is 9.74. The third-order valence-corrected chi connectivity index (χ3v) is 4.93. The van der Waals surface area contributed by atoms with Crippen LogP contribution in [0.3, 0.4) is 0 Å². The molecular weight excluding hydrogens is 446 g/mol. The van der Waals surface area contributed by atoms with Crippen LogP contribution in [0.25, 0.3) is 10.9 Å². The van der Waals surface area contributed by atoms with Gasteiger partial charge >= 0.3 is 0 Å². The highest BCUT2D eigenvalue weighted by Crippen LogP contribution is 2.23. The lowest BCUT2D eigenvalue weighted by Crippen LogP contribution is -2.23. The molecule has 30 heavy (non-hydrogen) atoms. The number of halogens is 1. The maximum absolute atomic E-state index is 12.9. The van der Waals surface area contributed by atoms with Crippen molar-refractivity contribution in [3.8, 4) is 6.07 Å². The first-order valence-electron chi connectivity index (χ1n) is 8.95. The van der Waals surface area contributed by atoms with Crippen LogP contribution >= 0.6 is 15.9 Å². The molecule has 2 aromatic carbocycles. The lowest BCUT2D eigenvalue weighted by molar-refractivity contribution is -0.112. The number of aromatic nitrogens is 3. The molecule has 0 saturated carbocycles. The molecule has 0 atom stereocenters. The minimum absolute atomic E-state index is 0.0536. The van der Waals surface area contributed by atoms with Gasteiger partial charge in [0.1, 0.15) is 0 Å². The Bertz CT molecular complexity index is 1290. The summed E-state index contributed by atoms with van der Waals surface area (Å²) in [5, 5.41) is 12.1. The van der Waals surface area contributed by atoms with Crippen LogP contribution in [0.4, 0.5) is 5.95 Å². The number of fused-ring (bicyclic) bond motifs is 1. The number of anilines is 1. The molecule has 0 fully saturated rings. The first kappa shape index (κ1) is 19.5. The number of carbonyl (C=O) groups excluding carboxylic acids is 2. The maximum atomic E-state index is 12.9. The van der Waals surface area contributed by atoms with Crippen LogP contribution in [-0.4, -0.2) is 26.2 Å². The Morgan fingerprint density at radius 2 is 1.77 bits per heavy atom.